The van der Waals surface area contributed by atoms with Gasteiger partial charge in [-0.3, -0.25) is 14.6 Å². The predicted molar refractivity (Wildman–Crippen MR) is 114 cm³/mol. The van der Waals surface area contributed by atoms with E-state index in [0.717, 1.165) is 5.69 Å². The summed E-state index contributed by atoms with van der Waals surface area (Å²) >= 11 is 0. The number of anilines is 1. The van der Waals surface area contributed by atoms with Gasteiger partial charge in [-0.15, -0.1) is 0 Å². The number of amides is 4. The highest BCUT2D eigenvalue weighted by Crippen LogP contribution is 2.14. The maximum absolute atomic E-state index is 12.8. The molecule has 30 heavy (non-hydrogen) atoms. The van der Waals surface area contributed by atoms with Crippen LogP contribution in [-0.4, -0.2) is 64.9 Å². The smallest absolute Gasteiger partial charge is 0.319 e. The average molecular weight is 409 g/mol. The Hall–Kier alpha value is -3.42. The van der Waals surface area contributed by atoms with Crippen molar-refractivity contribution in [2.75, 3.05) is 31.5 Å². The zero-order valence-corrected chi connectivity index (χ0v) is 17.3. The molecule has 1 aliphatic heterocycles. The van der Waals surface area contributed by atoms with Gasteiger partial charge in [-0.1, -0.05) is 6.07 Å². The van der Waals surface area contributed by atoms with Gasteiger partial charge in [-0.25, -0.2) is 4.79 Å². The molecule has 8 heteroatoms. The second-order valence-electron chi connectivity index (χ2n) is 7.50. The molecule has 1 aromatic carbocycles. The zero-order chi connectivity index (χ0) is 21.5. The molecule has 0 saturated carbocycles. The Labute approximate surface area is 176 Å². The predicted octanol–water partition coefficient (Wildman–Crippen LogP) is 2.14. The lowest BCUT2D eigenvalue weighted by Crippen LogP contribution is -2.51. The van der Waals surface area contributed by atoms with Gasteiger partial charge in [0.2, 0.25) is 5.91 Å². The van der Waals surface area contributed by atoms with Crippen molar-refractivity contribution in [3.05, 3.63) is 59.9 Å². The summed E-state index contributed by atoms with van der Waals surface area (Å²) in [5.74, 6) is -0.0547. The molecule has 2 aromatic rings. The van der Waals surface area contributed by atoms with E-state index in [-0.39, 0.29) is 30.3 Å². The fourth-order valence-corrected chi connectivity index (χ4v) is 3.24. The van der Waals surface area contributed by atoms with Crippen molar-refractivity contribution in [3.8, 4) is 0 Å². The third-order valence-electron chi connectivity index (χ3n) is 4.79. The first kappa shape index (κ1) is 21.3. The number of hydrogen-bond donors (Lipinski definition) is 2. The molecule has 4 amide bonds. The lowest BCUT2D eigenvalue weighted by molar-refractivity contribution is -0.132. The number of pyridine rings is 1. The van der Waals surface area contributed by atoms with Crippen molar-refractivity contribution in [1.29, 1.82) is 0 Å². The van der Waals surface area contributed by atoms with Crippen LogP contribution in [0.15, 0.2) is 48.7 Å². The van der Waals surface area contributed by atoms with E-state index < -0.39 is 0 Å². The van der Waals surface area contributed by atoms with E-state index in [9.17, 15) is 14.4 Å². The van der Waals surface area contributed by atoms with Crippen molar-refractivity contribution >= 4 is 23.5 Å². The van der Waals surface area contributed by atoms with Crippen LogP contribution < -0.4 is 10.6 Å². The fourth-order valence-electron chi connectivity index (χ4n) is 3.24. The van der Waals surface area contributed by atoms with Crippen molar-refractivity contribution in [2.24, 2.45) is 0 Å². The lowest BCUT2D eigenvalue weighted by atomic mass is 10.1. The van der Waals surface area contributed by atoms with Crippen LogP contribution in [0.1, 0.15) is 29.9 Å². The molecule has 3 rings (SSSR count). The van der Waals surface area contributed by atoms with Crippen LogP contribution in [0.2, 0.25) is 0 Å². The average Bonchev–Trinajstić information content (AvgIpc) is 2.74. The van der Waals surface area contributed by atoms with E-state index in [4.69, 9.17) is 0 Å². The molecule has 0 unspecified atom stereocenters. The van der Waals surface area contributed by atoms with Crippen molar-refractivity contribution < 1.29 is 14.4 Å². The minimum Gasteiger partial charge on any atom is -0.339 e. The van der Waals surface area contributed by atoms with Crippen LogP contribution in [-0.2, 0) is 11.2 Å². The Morgan fingerprint density at radius 2 is 1.63 bits per heavy atom. The molecule has 0 radical (unpaired) electrons. The second kappa shape index (κ2) is 9.87. The molecule has 0 spiro atoms. The van der Waals surface area contributed by atoms with Gasteiger partial charge in [0, 0.05) is 55.4 Å². The number of hydrogen-bond acceptors (Lipinski definition) is 4. The van der Waals surface area contributed by atoms with Crippen LogP contribution in [0.5, 0.6) is 0 Å². The highest BCUT2D eigenvalue weighted by Gasteiger charge is 2.25. The van der Waals surface area contributed by atoms with E-state index >= 15 is 0 Å². The first-order chi connectivity index (χ1) is 14.4. The Bertz CT molecular complexity index is 875. The van der Waals surface area contributed by atoms with E-state index in [1.54, 1.807) is 40.3 Å². The number of carbonyl (C=O) groups is 3. The van der Waals surface area contributed by atoms with E-state index in [1.165, 1.54) is 0 Å². The second-order valence-corrected chi connectivity index (χ2v) is 7.50. The molecule has 1 saturated heterocycles. The first-order valence-corrected chi connectivity index (χ1v) is 10.1. The number of rotatable bonds is 5. The lowest BCUT2D eigenvalue weighted by Gasteiger charge is -2.34. The number of nitrogens with one attached hydrogen (secondary N) is 2. The largest absolute Gasteiger partial charge is 0.339 e. The maximum atomic E-state index is 12.8. The van der Waals surface area contributed by atoms with E-state index in [2.05, 4.69) is 15.6 Å². The third kappa shape index (κ3) is 5.79. The highest BCUT2D eigenvalue weighted by atomic mass is 16.2. The van der Waals surface area contributed by atoms with Gasteiger partial charge in [0.05, 0.1) is 6.42 Å². The van der Waals surface area contributed by atoms with Crippen LogP contribution in [0, 0.1) is 0 Å². The topological polar surface area (TPSA) is 94.6 Å². The SMILES string of the molecule is CC(C)NC(=O)Nc1ccc(C(=O)N2CCN(C(=O)Cc3ccccn3)CC2)cc1. The fraction of sp³-hybridized carbons (Fsp3) is 0.364. The zero-order valence-electron chi connectivity index (χ0n) is 17.3. The number of nitrogens with zero attached hydrogens (tertiary/aromatic N) is 3. The normalized spacial score (nSPS) is 13.8. The number of benzene rings is 1. The minimum atomic E-state index is -0.282. The monoisotopic (exact) mass is 409 g/mol. The standard InChI is InChI=1S/C22H27N5O3/c1-16(2)24-22(30)25-18-8-6-17(7-9-18)21(29)27-13-11-26(12-14-27)20(28)15-19-5-3-4-10-23-19/h3-10,16H,11-15H2,1-2H3,(H2,24,25,30). The summed E-state index contributed by atoms with van der Waals surface area (Å²) in [6, 6.07) is 12.1. The Morgan fingerprint density at radius 1 is 0.967 bits per heavy atom. The summed E-state index contributed by atoms with van der Waals surface area (Å²) in [4.78, 5) is 44.7. The molecule has 2 N–H and O–H groups in total. The number of carbonyl (C=O) groups excluding carboxylic acids is 3. The van der Waals surface area contributed by atoms with Gasteiger partial charge >= 0.3 is 6.03 Å². The van der Waals surface area contributed by atoms with Crippen LogP contribution in [0.4, 0.5) is 10.5 Å². The van der Waals surface area contributed by atoms with E-state index in [0.29, 0.717) is 37.4 Å². The Kier molecular flexibility index (Phi) is 7.00. The molecule has 1 aliphatic rings. The summed E-state index contributed by atoms with van der Waals surface area (Å²) in [5.41, 5.74) is 1.92. The van der Waals surface area contributed by atoms with Gasteiger partial charge in [0.15, 0.2) is 0 Å². The Balaban J connectivity index is 1.50. The van der Waals surface area contributed by atoms with Crippen molar-refractivity contribution in [1.82, 2.24) is 20.1 Å². The van der Waals surface area contributed by atoms with Crippen molar-refractivity contribution in [3.63, 3.8) is 0 Å². The van der Waals surface area contributed by atoms with Crippen LogP contribution in [0.25, 0.3) is 0 Å². The quantitative estimate of drug-likeness (QED) is 0.791. The van der Waals surface area contributed by atoms with Gasteiger partial charge in [-0.2, -0.15) is 0 Å². The molecular formula is C22H27N5O3. The highest BCUT2D eigenvalue weighted by molar-refractivity contribution is 5.95. The number of piperazine rings is 1. The summed E-state index contributed by atoms with van der Waals surface area (Å²) < 4.78 is 0. The van der Waals surface area contributed by atoms with Gasteiger partial charge in [0.1, 0.15) is 0 Å². The van der Waals surface area contributed by atoms with Crippen LogP contribution in [0.3, 0.4) is 0 Å². The summed E-state index contributed by atoms with van der Waals surface area (Å²) in [5, 5.41) is 5.48. The third-order valence-corrected chi connectivity index (χ3v) is 4.79. The molecule has 1 aromatic heterocycles. The van der Waals surface area contributed by atoms with Crippen molar-refractivity contribution in [2.45, 2.75) is 26.3 Å². The van der Waals surface area contributed by atoms with E-state index in [1.807, 2.05) is 32.0 Å². The summed E-state index contributed by atoms with van der Waals surface area (Å²) in [6.07, 6.45) is 1.95. The molecular weight excluding hydrogens is 382 g/mol. The van der Waals surface area contributed by atoms with Crippen LogP contribution >= 0.6 is 0 Å². The summed E-state index contributed by atoms with van der Waals surface area (Å²) in [7, 11) is 0. The van der Waals surface area contributed by atoms with Gasteiger partial charge < -0.3 is 20.4 Å². The molecule has 0 aliphatic carbocycles. The minimum absolute atomic E-state index is 0.0240. The molecule has 8 nitrogen and oxygen atoms in total. The molecule has 0 atom stereocenters. The summed E-state index contributed by atoms with van der Waals surface area (Å²) in [6.45, 7) is 5.76. The van der Waals surface area contributed by atoms with Gasteiger partial charge in [0.25, 0.3) is 5.91 Å². The Morgan fingerprint density at radius 3 is 2.23 bits per heavy atom. The molecule has 0 bridgehead atoms. The number of aromatic nitrogens is 1. The molecule has 2 heterocycles. The van der Waals surface area contributed by atoms with Gasteiger partial charge in [-0.05, 0) is 50.2 Å². The molecule has 1 fully saturated rings. The molecule has 158 valence electrons. The first-order valence-electron chi connectivity index (χ1n) is 10.1. The number of urea groups is 1. The maximum Gasteiger partial charge on any atom is 0.319 e.